The van der Waals surface area contributed by atoms with Gasteiger partial charge in [-0.2, -0.15) is 0 Å². The Bertz CT molecular complexity index is 731. The van der Waals surface area contributed by atoms with Crippen molar-refractivity contribution in [1.82, 2.24) is 5.32 Å². The molecule has 6 heteroatoms. The Morgan fingerprint density at radius 1 is 1.21 bits per heavy atom. The molecular formula is C18H18ClNO4. The molecule has 3 rings (SSSR count). The summed E-state index contributed by atoms with van der Waals surface area (Å²) in [6.07, 6.45) is 0.782. The van der Waals surface area contributed by atoms with Gasteiger partial charge in [-0.05, 0) is 29.8 Å². The Balaban J connectivity index is 1.70. The average molecular weight is 348 g/mol. The number of ether oxygens (including phenoxy) is 3. The van der Waals surface area contributed by atoms with Crippen molar-refractivity contribution in [3.63, 3.8) is 0 Å². The number of carbonyl (C=O) groups excluding carboxylic acids is 1. The Hall–Kier alpha value is -2.40. The molecule has 0 saturated carbocycles. The van der Waals surface area contributed by atoms with Gasteiger partial charge in [-0.25, -0.2) is 0 Å². The maximum absolute atomic E-state index is 12.4. The largest absolute Gasteiger partial charge is 0.497 e. The fourth-order valence-corrected chi connectivity index (χ4v) is 2.65. The number of halogens is 1. The molecular weight excluding hydrogens is 330 g/mol. The zero-order valence-corrected chi connectivity index (χ0v) is 14.1. The van der Waals surface area contributed by atoms with E-state index in [1.165, 1.54) is 0 Å². The highest BCUT2D eigenvalue weighted by atomic mass is 35.5. The second-order valence-electron chi connectivity index (χ2n) is 5.37. The third-order valence-corrected chi connectivity index (χ3v) is 3.96. The van der Waals surface area contributed by atoms with Gasteiger partial charge in [-0.1, -0.05) is 23.7 Å². The maximum Gasteiger partial charge on any atom is 0.251 e. The van der Waals surface area contributed by atoms with Crippen LogP contribution in [0, 0.1) is 0 Å². The van der Waals surface area contributed by atoms with Gasteiger partial charge in [0.2, 0.25) is 0 Å². The number of amides is 1. The Morgan fingerprint density at radius 3 is 2.71 bits per heavy atom. The zero-order chi connectivity index (χ0) is 16.9. The second kappa shape index (κ2) is 7.45. The van der Waals surface area contributed by atoms with E-state index in [9.17, 15) is 4.79 Å². The summed E-state index contributed by atoms with van der Waals surface area (Å²) in [6.45, 7) is 1.50. The molecule has 5 nitrogen and oxygen atoms in total. The minimum Gasteiger partial charge on any atom is -0.497 e. The van der Waals surface area contributed by atoms with Crippen LogP contribution in [0.25, 0.3) is 0 Å². The van der Waals surface area contributed by atoms with Crippen LogP contribution >= 0.6 is 11.6 Å². The lowest BCUT2D eigenvalue weighted by Gasteiger charge is -2.12. The smallest absolute Gasteiger partial charge is 0.251 e. The Labute approximate surface area is 145 Å². The summed E-state index contributed by atoms with van der Waals surface area (Å²) < 4.78 is 16.3. The third kappa shape index (κ3) is 3.74. The molecule has 0 radical (unpaired) electrons. The number of nitrogens with one attached hydrogen (secondary N) is 1. The van der Waals surface area contributed by atoms with Gasteiger partial charge in [0.15, 0.2) is 11.5 Å². The molecule has 1 heterocycles. The number of carbonyl (C=O) groups is 1. The van der Waals surface area contributed by atoms with E-state index >= 15 is 0 Å². The van der Waals surface area contributed by atoms with E-state index in [2.05, 4.69) is 5.32 Å². The van der Waals surface area contributed by atoms with E-state index in [1.54, 1.807) is 19.2 Å². The highest BCUT2D eigenvalue weighted by Crippen LogP contribution is 2.37. The molecule has 1 aliphatic rings. The van der Waals surface area contributed by atoms with Crippen molar-refractivity contribution in [3.05, 3.63) is 52.5 Å². The van der Waals surface area contributed by atoms with Gasteiger partial charge in [0.1, 0.15) is 5.75 Å². The van der Waals surface area contributed by atoms with Gasteiger partial charge in [-0.3, -0.25) is 4.79 Å². The molecule has 2 aromatic rings. The number of rotatable bonds is 4. The first kappa shape index (κ1) is 16.5. The van der Waals surface area contributed by atoms with Crippen LogP contribution in [0.2, 0.25) is 5.02 Å². The fourth-order valence-electron chi connectivity index (χ4n) is 2.39. The van der Waals surface area contributed by atoms with Crippen LogP contribution in [0.5, 0.6) is 17.2 Å². The van der Waals surface area contributed by atoms with E-state index in [0.717, 1.165) is 17.7 Å². The summed E-state index contributed by atoms with van der Waals surface area (Å²) >= 11 is 6.22. The van der Waals surface area contributed by atoms with Crippen LogP contribution in [-0.4, -0.2) is 26.2 Å². The summed E-state index contributed by atoms with van der Waals surface area (Å²) in [5.74, 6) is 1.57. The van der Waals surface area contributed by atoms with Gasteiger partial charge in [0, 0.05) is 18.5 Å². The molecule has 0 bridgehead atoms. The minimum absolute atomic E-state index is 0.219. The van der Waals surface area contributed by atoms with Crippen LogP contribution in [0.15, 0.2) is 36.4 Å². The number of hydrogen-bond donors (Lipinski definition) is 1. The summed E-state index contributed by atoms with van der Waals surface area (Å²) in [4.78, 5) is 12.4. The maximum atomic E-state index is 12.4. The molecule has 0 fully saturated rings. The number of hydrogen-bond acceptors (Lipinski definition) is 4. The first-order valence-corrected chi connectivity index (χ1v) is 8.05. The third-order valence-electron chi connectivity index (χ3n) is 3.68. The number of fused-ring (bicyclic) bond motifs is 1. The first-order chi connectivity index (χ1) is 11.7. The Kier molecular flexibility index (Phi) is 5.11. The van der Waals surface area contributed by atoms with Crippen LogP contribution in [0.3, 0.4) is 0 Å². The molecule has 0 unspecified atom stereocenters. The van der Waals surface area contributed by atoms with E-state index in [1.807, 2.05) is 24.3 Å². The highest BCUT2D eigenvalue weighted by molar-refractivity contribution is 6.32. The van der Waals surface area contributed by atoms with Gasteiger partial charge in [-0.15, -0.1) is 0 Å². The van der Waals surface area contributed by atoms with Crippen molar-refractivity contribution < 1.29 is 19.0 Å². The molecule has 0 aromatic heterocycles. The van der Waals surface area contributed by atoms with Gasteiger partial charge in [0.25, 0.3) is 5.91 Å². The highest BCUT2D eigenvalue weighted by Gasteiger charge is 2.18. The lowest BCUT2D eigenvalue weighted by Crippen LogP contribution is -2.22. The van der Waals surface area contributed by atoms with E-state index in [0.29, 0.717) is 41.8 Å². The SMILES string of the molecule is COc1ccc(CNC(=O)c2cc(Cl)c3c(c2)OCCCO3)cc1. The lowest BCUT2D eigenvalue weighted by molar-refractivity contribution is 0.0950. The van der Waals surface area contributed by atoms with Gasteiger partial charge in [0.05, 0.1) is 25.3 Å². The topological polar surface area (TPSA) is 56.8 Å². The quantitative estimate of drug-likeness (QED) is 0.920. The normalized spacial score (nSPS) is 13.1. The van der Waals surface area contributed by atoms with Gasteiger partial charge >= 0.3 is 0 Å². The van der Waals surface area contributed by atoms with E-state index in [4.69, 9.17) is 25.8 Å². The standard InChI is InChI=1S/C18H18ClNO4/c1-22-14-5-3-12(4-6-14)11-20-18(21)13-9-15(19)17-16(10-13)23-7-2-8-24-17/h3-6,9-10H,2,7-8,11H2,1H3,(H,20,21). The molecule has 0 aliphatic carbocycles. The Morgan fingerprint density at radius 2 is 1.96 bits per heavy atom. The summed E-state index contributed by atoms with van der Waals surface area (Å²) in [6, 6.07) is 10.8. The molecule has 0 saturated heterocycles. The van der Waals surface area contributed by atoms with Crippen molar-refractivity contribution in [2.75, 3.05) is 20.3 Å². The summed E-state index contributed by atoms with van der Waals surface area (Å²) in [5.41, 5.74) is 1.42. The molecule has 0 atom stereocenters. The summed E-state index contributed by atoms with van der Waals surface area (Å²) in [7, 11) is 1.62. The molecule has 126 valence electrons. The van der Waals surface area contributed by atoms with Crippen LogP contribution in [0.1, 0.15) is 22.3 Å². The van der Waals surface area contributed by atoms with Crippen molar-refractivity contribution in [3.8, 4) is 17.2 Å². The lowest BCUT2D eigenvalue weighted by atomic mass is 10.1. The predicted octanol–water partition coefficient (Wildman–Crippen LogP) is 3.44. The van der Waals surface area contributed by atoms with Crippen molar-refractivity contribution in [2.24, 2.45) is 0 Å². The molecule has 1 aliphatic heterocycles. The molecule has 0 spiro atoms. The van der Waals surface area contributed by atoms with Crippen LogP contribution < -0.4 is 19.5 Å². The minimum atomic E-state index is -0.219. The number of methoxy groups -OCH3 is 1. The predicted molar refractivity (Wildman–Crippen MR) is 91.2 cm³/mol. The molecule has 2 aromatic carbocycles. The van der Waals surface area contributed by atoms with Crippen molar-refractivity contribution in [1.29, 1.82) is 0 Å². The summed E-state index contributed by atoms with van der Waals surface area (Å²) in [5, 5.41) is 3.25. The van der Waals surface area contributed by atoms with Crippen LogP contribution in [-0.2, 0) is 6.54 Å². The second-order valence-corrected chi connectivity index (χ2v) is 5.77. The van der Waals surface area contributed by atoms with Crippen molar-refractivity contribution >= 4 is 17.5 Å². The monoisotopic (exact) mass is 347 g/mol. The average Bonchev–Trinajstić information content (AvgIpc) is 2.86. The van der Waals surface area contributed by atoms with Crippen molar-refractivity contribution in [2.45, 2.75) is 13.0 Å². The first-order valence-electron chi connectivity index (χ1n) is 7.67. The molecule has 24 heavy (non-hydrogen) atoms. The molecule has 1 N–H and O–H groups in total. The fraction of sp³-hybridized carbons (Fsp3) is 0.278. The molecule has 1 amide bonds. The van der Waals surface area contributed by atoms with E-state index < -0.39 is 0 Å². The van der Waals surface area contributed by atoms with E-state index in [-0.39, 0.29) is 5.91 Å². The number of benzene rings is 2. The van der Waals surface area contributed by atoms with Crippen LogP contribution in [0.4, 0.5) is 0 Å². The zero-order valence-electron chi connectivity index (χ0n) is 13.3. The van der Waals surface area contributed by atoms with Gasteiger partial charge < -0.3 is 19.5 Å².